The molecule has 3 nitrogen and oxygen atoms in total. The third-order valence-electron chi connectivity index (χ3n) is 6.69. The van der Waals surface area contributed by atoms with Crippen LogP contribution in [0, 0.1) is 19.1 Å². The van der Waals surface area contributed by atoms with E-state index in [1.165, 1.54) is 16.7 Å². The molecule has 0 saturated carbocycles. The first-order chi connectivity index (χ1) is 19.9. The molecule has 0 aliphatic rings. The maximum absolute atomic E-state index is 4.71. The molecular formula is C38H33IrN3-2. The van der Waals surface area contributed by atoms with Crippen LogP contribution in [0.3, 0.4) is 0 Å². The van der Waals surface area contributed by atoms with Crippen molar-refractivity contribution < 1.29 is 20.1 Å². The number of aryl methyl sites for hydroxylation is 1. The number of aromatic nitrogens is 3. The molecule has 0 fully saturated rings. The number of nitrogens with zero attached hydrogens (tertiary/aromatic N) is 3. The summed E-state index contributed by atoms with van der Waals surface area (Å²) in [7, 11) is 0. The SMILES string of the molecule is CC(C)(C)c1ccnc(-c2[c-]ccc(-c3ccccc3)c2)n1.Cc1c[c-]c(-c2ccc(-c3ccccc3)cn2)cc1.[Ir]. The Bertz CT molecular complexity index is 1690. The first-order valence-electron chi connectivity index (χ1n) is 13.8. The first kappa shape index (κ1) is 30.7. The van der Waals surface area contributed by atoms with E-state index >= 15 is 0 Å². The maximum atomic E-state index is 4.71. The van der Waals surface area contributed by atoms with Crippen molar-refractivity contribution in [1.29, 1.82) is 0 Å². The normalized spacial score (nSPS) is 10.7. The zero-order valence-corrected chi connectivity index (χ0v) is 26.7. The molecule has 0 spiro atoms. The minimum atomic E-state index is 0. The molecule has 211 valence electrons. The zero-order valence-electron chi connectivity index (χ0n) is 24.3. The molecule has 0 unspecified atom stereocenters. The minimum Gasteiger partial charge on any atom is -0.304 e. The van der Waals surface area contributed by atoms with Crippen LogP contribution in [0.15, 0.2) is 128 Å². The van der Waals surface area contributed by atoms with E-state index in [9.17, 15) is 0 Å². The van der Waals surface area contributed by atoms with Crippen molar-refractivity contribution in [1.82, 2.24) is 15.0 Å². The second-order valence-corrected chi connectivity index (χ2v) is 11.0. The van der Waals surface area contributed by atoms with Crippen molar-refractivity contribution in [3.63, 3.8) is 0 Å². The van der Waals surface area contributed by atoms with Gasteiger partial charge in [-0.2, -0.15) is 0 Å². The van der Waals surface area contributed by atoms with Crippen LogP contribution in [0.5, 0.6) is 0 Å². The molecule has 2 aromatic heterocycles. The molecule has 6 rings (SSSR count). The summed E-state index contributed by atoms with van der Waals surface area (Å²) in [5, 5.41) is 0. The summed E-state index contributed by atoms with van der Waals surface area (Å²) in [4.78, 5) is 13.6. The molecule has 0 amide bonds. The minimum absolute atomic E-state index is 0. The van der Waals surface area contributed by atoms with E-state index in [2.05, 4.69) is 104 Å². The summed E-state index contributed by atoms with van der Waals surface area (Å²) < 4.78 is 0. The van der Waals surface area contributed by atoms with Gasteiger partial charge in [0.2, 0.25) is 0 Å². The molecule has 1 radical (unpaired) electrons. The van der Waals surface area contributed by atoms with E-state index < -0.39 is 0 Å². The van der Waals surface area contributed by atoms with Crippen molar-refractivity contribution in [3.05, 3.63) is 151 Å². The van der Waals surface area contributed by atoms with Gasteiger partial charge in [0.05, 0.1) is 5.82 Å². The average molecular weight is 724 g/mol. The number of pyridine rings is 1. The smallest absolute Gasteiger partial charge is 0.0751 e. The molecule has 2 heterocycles. The van der Waals surface area contributed by atoms with Crippen LogP contribution in [-0.2, 0) is 25.5 Å². The fraction of sp³-hybridized carbons (Fsp3) is 0.132. The van der Waals surface area contributed by atoms with E-state index in [1.54, 1.807) is 0 Å². The molecule has 0 atom stereocenters. The van der Waals surface area contributed by atoms with Crippen molar-refractivity contribution in [3.8, 4) is 44.9 Å². The van der Waals surface area contributed by atoms with Gasteiger partial charge in [-0.25, -0.2) is 0 Å². The monoisotopic (exact) mass is 724 g/mol. The van der Waals surface area contributed by atoms with Gasteiger partial charge in [-0.3, -0.25) is 9.97 Å². The van der Waals surface area contributed by atoms with Crippen LogP contribution in [0.4, 0.5) is 0 Å². The predicted octanol–water partition coefficient (Wildman–Crippen LogP) is 9.43. The molecular weight excluding hydrogens is 691 g/mol. The number of hydrogen-bond acceptors (Lipinski definition) is 3. The molecule has 6 aromatic rings. The van der Waals surface area contributed by atoms with E-state index in [-0.39, 0.29) is 25.5 Å². The molecule has 4 heteroatoms. The number of rotatable bonds is 4. The Labute approximate surface area is 263 Å². The van der Waals surface area contributed by atoms with Crippen molar-refractivity contribution >= 4 is 0 Å². The van der Waals surface area contributed by atoms with Gasteiger partial charge < -0.3 is 4.98 Å². The molecule has 0 N–H and O–H groups in total. The van der Waals surface area contributed by atoms with Crippen LogP contribution in [-0.4, -0.2) is 15.0 Å². The first-order valence-corrected chi connectivity index (χ1v) is 13.8. The molecule has 0 aliphatic heterocycles. The van der Waals surface area contributed by atoms with Crippen LogP contribution < -0.4 is 0 Å². The Balaban J connectivity index is 0.000000190. The average Bonchev–Trinajstić information content (AvgIpc) is 3.02. The summed E-state index contributed by atoms with van der Waals surface area (Å²) >= 11 is 0. The third kappa shape index (κ3) is 7.94. The molecule has 0 aliphatic carbocycles. The fourth-order valence-electron chi connectivity index (χ4n) is 4.33. The Kier molecular flexibility index (Phi) is 10.3. The van der Waals surface area contributed by atoms with Crippen LogP contribution in [0.2, 0.25) is 0 Å². The molecule has 4 aromatic carbocycles. The third-order valence-corrected chi connectivity index (χ3v) is 6.69. The largest absolute Gasteiger partial charge is 0.304 e. The predicted molar refractivity (Wildman–Crippen MR) is 169 cm³/mol. The van der Waals surface area contributed by atoms with Gasteiger partial charge in [0, 0.05) is 43.6 Å². The van der Waals surface area contributed by atoms with Crippen molar-refractivity contribution in [2.45, 2.75) is 33.1 Å². The van der Waals surface area contributed by atoms with Crippen LogP contribution in [0.25, 0.3) is 44.9 Å². The van der Waals surface area contributed by atoms with E-state index in [0.717, 1.165) is 39.5 Å². The van der Waals surface area contributed by atoms with Crippen molar-refractivity contribution in [2.24, 2.45) is 0 Å². The molecule has 0 bridgehead atoms. The Morgan fingerprint density at radius 3 is 1.90 bits per heavy atom. The Hall–Kier alpha value is -4.24. The van der Waals surface area contributed by atoms with Crippen LogP contribution >= 0.6 is 0 Å². The summed E-state index contributed by atoms with van der Waals surface area (Å²) in [6.07, 6.45) is 3.74. The van der Waals surface area contributed by atoms with Gasteiger partial charge >= 0.3 is 0 Å². The maximum Gasteiger partial charge on any atom is 0.0751 e. The van der Waals surface area contributed by atoms with Crippen molar-refractivity contribution in [2.75, 3.05) is 0 Å². The second kappa shape index (κ2) is 14.1. The van der Waals surface area contributed by atoms with Crippen LogP contribution in [0.1, 0.15) is 32.0 Å². The topological polar surface area (TPSA) is 38.7 Å². The molecule has 42 heavy (non-hydrogen) atoms. The van der Waals surface area contributed by atoms with Gasteiger partial charge in [-0.05, 0) is 28.5 Å². The summed E-state index contributed by atoms with van der Waals surface area (Å²) in [5.74, 6) is 0.727. The van der Waals surface area contributed by atoms with E-state index in [4.69, 9.17) is 4.98 Å². The number of hydrogen-bond donors (Lipinski definition) is 0. The molecule has 0 saturated heterocycles. The summed E-state index contributed by atoms with van der Waals surface area (Å²) in [6, 6.07) is 45.4. The quantitative estimate of drug-likeness (QED) is 0.170. The van der Waals surface area contributed by atoms with E-state index in [1.807, 2.05) is 73.1 Å². The number of benzene rings is 4. The zero-order chi connectivity index (χ0) is 28.7. The van der Waals surface area contributed by atoms with Gasteiger partial charge in [0.25, 0.3) is 0 Å². The van der Waals surface area contributed by atoms with Gasteiger partial charge in [0.1, 0.15) is 0 Å². The Morgan fingerprint density at radius 2 is 1.31 bits per heavy atom. The van der Waals surface area contributed by atoms with Gasteiger partial charge in [-0.1, -0.05) is 100 Å². The fourth-order valence-corrected chi connectivity index (χ4v) is 4.33. The second-order valence-electron chi connectivity index (χ2n) is 11.0. The standard InChI is InChI=1S/C20H19N2.C18H14N.Ir/c1-20(2,3)18-12-13-21-19(22-18)17-11-7-10-16(14-17)15-8-5-4-6-9-15;1-14-7-9-16(10-8-14)18-12-11-17(13-19-18)15-5-3-2-4-6-15;/h4-10,12-14H,1-3H3;2-9,11-13H,1H3;/q2*-1;. The summed E-state index contributed by atoms with van der Waals surface area (Å²) in [6.45, 7) is 8.53. The Morgan fingerprint density at radius 1 is 0.619 bits per heavy atom. The van der Waals surface area contributed by atoms with Gasteiger partial charge in [0.15, 0.2) is 0 Å². The van der Waals surface area contributed by atoms with E-state index in [0.29, 0.717) is 0 Å². The summed E-state index contributed by atoms with van der Waals surface area (Å²) in [5.41, 5.74) is 9.84. The van der Waals surface area contributed by atoms with Gasteiger partial charge in [-0.15, -0.1) is 70.8 Å².